The van der Waals surface area contributed by atoms with Crippen LogP contribution in [-0.2, 0) is 0 Å². The number of para-hydroxylation sites is 1. The number of nitrogens with one attached hydrogen (secondary N) is 1. The SMILES string of the molecule is CN(C)CC1CNCC(C)(C)N1c1ccccc1Br. The van der Waals surface area contributed by atoms with Crippen molar-refractivity contribution in [1.29, 1.82) is 0 Å². The van der Waals surface area contributed by atoms with Gasteiger partial charge in [-0.3, -0.25) is 0 Å². The van der Waals surface area contributed by atoms with Crippen LogP contribution >= 0.6 is 15.9 Å². The van der Waals surface area contributed by atoms with Gasteiger partial charge in [0.1, 0.15) is 0 Å². The van der Waals surface area contributed by atoms with Crippen molar-refractivity contribution in [2.24, 2.45) is 0 Å². The van der Waals surface area contributed by atoms with E-state index in [1.165, 1.54) is 10.2 Å². The van der Waals surface area contributed by atoms with Crippen molar-refractivity contribution in [1.82, 2.24) is 10.2 Å². The van der Waals surface area contributed by atoms with Gasteiger partial charge in [0.25, 0.3) is 0 Å². The summed E-state index contributed by atoms with van der Waals surface area (Å²) in [6.07, 6.45) is 0. The Bertz CT molecular complexity index is 431. The maximum Gasteiger partial charge on any atom is 0.0547 e. The Hall–Kier alpha value is -0.580. The van der Waals surface area contributed by atoms with E-state index in [1.54, 1.807) is 0 Å². The standard InChI is InChI=1S/C15H24BrN3/c1-15(2)11-17-9-12(10-18(3)4)19(15)14-8-6-5-7-13(14)16/h5-8,12,17H,9-11H2,1-4H3. The second-order valence-corrected chi connectivity index (χ2v) is 7.04. The minimum Gasteiger partial charge on any atom is -0.359 e. The molecule has 1 atom stereocenters. The highest BCUT2D eigenvalue weighted by Gasteiger charge is 2.37. The van der Waals surface area contributed by atoms with Crippen LogP contribution in [0.2, 0.25) is 0 Å². The molecule has 0 spiro atoms. The monoisotopic (exact) mass is 325 g/mol. The molecule has 1 aliphatic rings. The predicted octanol–water partition coefficient (Wildman–Crippen LogP) is 2.57. The van der Waals surface area contributed by atoms with Crippen molar-refractivity contribution < 1.29 is 0 Å². The molecule has 0 saturated carbocycles. The molecule has 1 fully saturated rings. The summed E-state index contributed by atoms with van der Waals surface area (Å²) in [5, 5.41) is 3.57. The Kier molecular flexibility index (Phi) is 4.54. The molecule has 1 aromatic rings. The van der Waals surface area contributed by atoms with Gasteiger partial charge in [-0.15, -0.1) is 0 Å². The van der Waals surface area contributed by atoms with E-state index >= 15 is 0 Å². The van der Waals surface area contributed by atoms with Crippen LogP contribution in [-0.4, -0.2) is 50.2 Å². The molecule has 0 aromatic heterocycles. The average Bonchev–Trinajstić information content (AvgIpc) is 2.29. The predicted molar refractivity (Wildman–Crippen MR) is 85.9 cm³/mol. The first-order valence-corrected chi connectivity index (χ1v) is 7.60. The molecule has 1 heterocycles. The van der Waals surface area contributed by atoms with Gasteiger partial charge in [0, 0.05) is 29.6 Å². The molecule has 1 aliphatic heterocycles. The fourth-order valence-corrected chi connectivity index (χ4v) is 3.43. The Labute approximate surface area is 125 Å². The number of likely N-dealkylation sites (N-methyl/N-ethyl adjacent to an activating group) is 1. The largest absolute Gasteiger partial charge is 0.359 e. The molecule has 0 radical (unpaired) electrons. The Morgan fingerprint density at radius 3 is 2.68 bits per heavy atom. The second kappa shape index (κ2) is 5.81. The number of hydrogen-bond donors (Lipinski definition) is 1. The summed E-state index contributed by atoms with van der Waals surface area (Å²) < 4.78 is 1.17. The number of rotatable bonds is 3. The summed E-state index contributed by atoms with van der Waals surface area (Å²) in [4.78, 5) is 4.82. The fraction of sp³-hybridized carbons (Fsp3) is 0.600. The molecular formula is C15H24BrN3. The first-order valence-electron chi connectivity index (χ1n) is 6.81. The molecule has 0 aliphatic carbocycles. The number of piperazine rings is 1. The van der Waals surface area contributed by atoms with Gasteiger partial charge in [-0.05, 0) is 56.0 Å². The molecule has 1 saturated heterocycles. The number of anilines is 1. The van der Waals surface area contributed by atoms with Crippen LogP contribution in [0, 0.1) is 0 Å². The Balaban J connectivity index is 2.37. The number of halogens is 1. The molecule has 1 unspecified atom stereocenters. The highest BCUT2D eigenvalue weighted by molar-refractivity contribution is 9.10. The molecule has 19 heavy (non-hydrogen) atoms. The van der Waals surface area contributed by atoms with Crippen LogP contribution in [0.25, 0.3) is 0 Å². The minimum absolute atomic E-state index is 0.114. The minimum atomic E-state index is 0.114. The van der Waals surface area contributed by atoms with Crippen LogP contribution in [0.4, 0.5) is 5.69 Å². The topological polar surface area (TPSA) is 18.5 Å². The fourth-order valence-electron chi connectivity index (χ4n) is 2.95. The summed E-state index contributed by atoms with van der Waals surface area (Å²) in [7, 11) is 4.28. The van der Waals surface area contributed by atoms with Crippen LogP contribution < -0.4 is 10.2 Å². The normalized spacial score (nSPS) is 22.8. The zero-order chi connectivity index (χ0) is 14.0. The Morgan fingerprint density at radius 2 is 2.05 bits per heavy atom. The molecule has 1 N–H and O–H groups in total. The van der Waals surface area contributed by atoms with Gasteiger partial charge in [0.15, 0.2) is 0 Å². The first-order chi connectivity index (χ1) is 8.92. The summed E-state index contributed by atoms with van der Waals surface area (Å²) in [5.41, 5.74) is 1.41. The van der Waals surface area contributed by atoms with Crippen molar-refractivity contribution in [3.05, 3.63) is 28.7 Å². The van der Waals surface area contributed by atoms with Crippen LogP contribution in [0.3, 0.4) is 0 Å². The Morgan fingerprint density at radius 1 is 1.37 bits per heavy atom. The van der Waals surface area contributed by atoms with E-state index in [1.807, 2.05) is 0 Å². The maximum absolute atomic E-state index is 3.70. The van der Waals surface area contributed by atoms with Crippen molar-refractivity contribution in [2.75, 3.05) is 38.6 Å². The van der Waals surface area contributed by atoms with E-state index < -0.39 is 0 Å². The van der Waals surface area contributed by atoms with E-state index in [0.29, 0.717) is 6.04 Å². The van der Waals surface area contributed by atoms with Gasteiger partial charge in [0.05, 0.1) is 11.7 Å². The lowest BCUT2D eigenvalue weighted by molar-refractivity contribution is 0.271. The lowest BCUT2D eigenvalue weighted by Crippen LogP contribution is -2.65. The van der Waals surface area contributed by atoms with E-state index in [0.717, 1.165) is 19.6 Å². The summed E-state index contributed by atoms with van der Waals surface area (Å²) in [5.74, 6) is 0. The van der Waals surface area contributed by atoms with E-state index in [2.05, 4.69) is 83.3 Å². The third-order valence-corrected chi connectivity index (χ3v) is 4.31. The van der Waals surface area contributed by atoms with Crippen LogP contribution in [0.5, 0.6) is 0 Å². The molecular weight excluding hydrogens is 302 g/mol. The summed E-state index contributed by atoms with van der Waals surface area (Å²) >= 11 is 3.70. The van der Waals surface area contributed by atoms with Crippen molar-refractivity contribution in [3.63, 3.8) is 0 Å². The lowest BCUT2D eigenvalue weighted by Gasteiger charge is -2.50. The first kappa shape index (κ1) is 14.8. The average molecular weight is 326 g/mol. The molecule has 4 heteroatoms. The van der Waals surface area contributed by atoms with E-state index in [4.69, 9.17) is 0 Å². The van der Waals surface area contributed by atoms with Crippen molar-refractivity contribution >= 4 is 21.6 Å². The quantitative estimate of drug-likeness (QED) is 0.921. The molecule has 0 bridgehead atoms. The smallest absolute Gasteiger partial charge is 0.0547 e. The van der Waals surface area contributed by atoms with Crippen molar-refractivity contribution in [2.45, 2.75) is 25.4 Å². The maximum atomic E-state index is 3.70. The van der Waals surface area contributed by atoms with Gasteiger partial charge >= 0.3 is 0 Å². The number of benzene rings is 1. The molecule has 2 rings (SSSR count). The molecule has 0 amide bonds. The van der Waals surface area contributed by atoms with Crippen LogP contribution in [0.15, 0.2) is 28.7 Å². The third-order valence-electron chi connectivity index (χ3n) is 3.64. The number of hydrogen-bond acceptors (Lipinski definition) is 3. The molecule has 3 nitrogen and oxygen atoms in total. The van der Waals surface area contributed by atoms with Gasteiger partial charge < -0.3 is 15.1 Å². The zero-order valence-electron chi connectivity index (χ0n) is 12.3. The van der Waals surface area contributed by atoms with Gasteiger partial charge in [-0.2, -0.15) is 0 Å². The van der Waals surface area contributed by atoms with Gasteiger partial charge in [-0.25, -0.2) is 0 Å². The zero-order valence-corrected chi connectivity index (χ0v) is 13.9. The van der Waals surface area contributed by atoms with Gasteiger partial charge in [-0.1, -0.05) is 12.1 Å². The third kappa shape index (κ3) is 3.30. The van der Waals surface area contributed by atoms with E-state index in [-0.39, 0.29) is 5.54 Å². The molecule has 106 valence electrons. The lowest BCUT2D eigenvalue weighted by atomic mass is 9.94. The second-order valence-electron chi connectivity index (χ2n) is 6.18. The summed E-state index contributed by atoms with van der Waals surface area (Å²) in [6, 6.07) is 9.01. The van der Waals surface area contributed by atoms with E-state index in [9.17, 15) is 0 Å². The number of nitrogens with zero attached hydrogens (tertiary/aromatic N) is 2. The molecule has 1 aromatic carbocycles. The highest BCUT2D eigenvalue weighted by atomic mass is 79.9. The van der Waals surface area contributed by atoms with Crippen molar-refractivity contribution in [3.8, 4) is 0 Å². The van der Waals surface area contributed by atoms with Gasteiger partial charge in [0.2, 0.25) is 0 Å². The van der Waals surface area contributed by atoms with Crippen LogP contribution in [0.1, 0.15) is 13.8 Å². The summed E-state index contributed by atoms with van der Waals surface area (Å²) in [6.45, 7) is 7.71. The highest BCUT2D eigenvalue weighted by Crippen LogP contribution is 2.34.